The second-order valence-electron chi connectivity index (χ2n) is 17.6. The molecule has 0 saturated heterocycles. The molecule has 3 unspecified atom stereocenters. The van der Waals surface area contributed by atoms with Gasteiger partial charge in [0.05, 0.1) is 0 Å². The molecule has 1 spiro atoms. The molecule has 2 aliphatic rings. The second-order valence-corrected chi connectivity index (χ2v) is 17.6. The summed E-state index contributed by atoms with van der Waals surface area (Å²) in [4.78, 5) is 8.84. The van der Waals surface area contributed by atoms with Gasteiger partial charge in [-0.05, 0) is 119 Å². The van der Waals surface area contributed by atoms with Crippen molar-refractivity contribution in [2.24, 2.45) is 0 Å². The molecule has 1 radical (unpaired) electrons. The molecule has 0 fully saturated rings. The Hall–Kier alpha value is -6.71. The van der Waals surface area contributed by atoms with Gasteiger partial charge in [0.2, 0.25) is 0 Å². The number of hydrogen-bond acceptors (Lipinski definition) is 2. The van der Waals surface area contributed by atoms with E-state index in [4.69, 9.17) is 0 Å². The van der Waals surface area contributed by atoms with E-state index in [9.17, 15) is 0 Å². The van der Waals surface area contributed by atoms with Gasteiger partial charge < -0.3 is 14.5 Å². The van der Waals surface area contributed by atoms with Crippen molar-refractivity contribution in [2.45, 2.75) is 56.9 Å². The van der Waals surface area contributed by atoms with E-state index in [1.54, 1.807) is 6.20 Å². The van der Waals surface area contributed by atoms with Crippen LogP contribution in [0.25, 0.3) is 66.6 Å². The fraction of sp³-hybridized carbons (Fsp3) is 0.148. The number of aromatic nitrogens is 3. The van der Waals surface area contributed by atoms with Crippen LogP contribution < -0.4 is 0 Å². The van der Waals surface area contributed by atoms with Gasteiger partial charge in [0, 0.05) is 65.8 Å². The van der Waals surface area contributed by atoms with Gasteiger partial charge in [0.15, 0.2) is 0 Å². The van der Waals surface area contributed by atoms with Crippen molar-refractivity contribution in [1.82, 2.24) is 14.5 Å². The molecule has 65 heavy (non-hydrogen) atoms. The first-order chi connectivity index (χ1) is 31.6. The zero-order valence-electron chi connectivity index (χ0n) is 36.7. The average Bonchev–Trinajstić information content (AvgIpc) is 4.01. The zero-order valence-corrected chi connectivity index (χ0v) is 39.1. The summed E-state index contributed by atoms with van der Waals surface area (Å²) in [5.41, 5.74) is 19.1. The third-order valence-corrected chi connectivity index (χ3v) is 13.9. The van der Waals surface area contributed by atoms with Crippen molar-refractivity contribution in [2.75, 3.05) is 0 Å². The van der Waals surface area contributed by atoms with Gasteiger partial charge in [-0.25, -0.2) is 0 Å². The number of hydrogen-bond donors (Lipinski definition) is 0. The maximum atomic E-state index is 4.62. The van der Waals surface area contributed by atoms with Crippen LogP contribution in [-0.2, 0) is 38.4 Å². The molecule has 10 aromatic rings. The van der Waals surface area contributed by atoms with E-state index >= 15 is 0 Å². The SMILES string of the molecule is CCC(CC(C)n1c2ccccc2c2ccccc21)c1ccc(-c2ccc3c(c2)C2(Cc4c[c-]c(-c5ccccn5)cc4C2)c2ccccc2-3)cc1.[Ir].[c-]1ccccc1-c1ccccn1. The van der Waals surface area contributed by atoms with Crippen molar-refractivity contribution < 1.29 is 20.1 Å². The van der Waals surface area contributed by atoms with E-state index in [1.165, 1.54) is 71.9 Å². The minimum absolute atomic E-state index is 0. The summed E-state index contributed by atoms with van der Waals surface area (Å²) < 4.78 is 2.57. The first-order valence-electron chi connectivity index (χ1n) is 22.7. The fourth-order valence-electron chi connectivity index (χ4n) is 10.8. The Bertz CT molecular complexity index is 3160. The minimum atomic E-state index is -0.0724. The maximum absolute atomic E-state index is 4.62. The molecular formula is C61H49IrN3-2. The van der Waals surface area contributed by atoms with Crippen LogP contribution in [-0.4, -0.2) is 14.5 Å². The summed E-state index contributed by atoms with van der Waals surface area (Å²) in [7, 11) is 0. The number of nitrogens with zero attached hydrogens (tertiary/aromatic N) is 3. The molecule has 0 saturated carbocycles. The van der Waals surface area contributed by atoms with E-state index in [0.717, 1.165) is 48.2 Å². The second kappa shape index (κ2) is 18.0. The summed E-state index contributed by atoms with van der Waals surface area (Å²) in [5, 5.41) is 2.69. The summed E-state index contributed by atoms with van der Waals surface area (Å²) >= 11 is 0. The predicted molar refractivity (Wildman–Crippen MR) is 264 cm³/mol. The number of para-hydroxylation sites is 2. The van der Waals surface area contributed by atoms with Crippen molar-refractivity contribution in [3.05, 3.63) is 240 Å². The predicted octanol–water partition coefficient (Wildman–Crippen LogP) is 15.1. The standard InChI is InChI=1S/C50H41N2.C11H8N.Ir/c1-3-34(28-33(2)52-48-17-8-5-13-43(48)44-14-6-9-18-49(44)52)35-19-21-36(22-20-35)37-25-26-42-41-12-4-7-15-45(41)50(46(42)30-37)31-39-24-23-38(29-40(39)32-50)47-16-10-11-27-51-47;1-2-6-10(7-3-1)11-8-4-5-9-12-11;/h4-22,24-27,29-30,33-34H,3,28,31-32H2,1-2H3;1-6,8-9H;/q2*-1;. The Kier molecular flexibility index (Phi) is 11.7. The fourth-order valence-corrected chi connectivity index (χ4v) is 10.8. The largest absolute Gasteiger partial charge is 0.338 e. The first-order valence-corrected chi connectivity index (χ1v) is 22.7. The van der Waals surface area contributed by atoms with Crippen molar-refractivity contribution in [3.63, 3.8) is 0 Å². The van der Waals surface area contributed by atoms with Crippen molar-refractivity contribution in [1.29, 1.82) is 0 Å². The molecule has 12 rings (SSSR count). The Morgan fingerprint density at radius 3 is 1.86 bits per heavy atom. The molecule has 3 heterocycles. The Morgan fingerprint density at radius 2 is 1.18 bits per heavy atom. The van der Waals surface area contributed by atoms with E-state index < -0.39 is 0 Å². The summed E-state index contributed by atoms with van der Waals surface area (Å²) in [6, 6.07) is 75.0. The van der Waals surface area contributed by atoms with Gasteiger partial charge in [0.25, 0.3) is 0 Å². The maximum Gasteiger partial charge on any atom is 0.0493 e. The Morgan fingerprint density at radius 1 is 0.569 bits per heavy atom. The van der Waals surface area contributed by atoms with Crippen LogP contribution >= 0.6 is 0 Å². The molecule has 319 valence electrons. The molecule has 3 atom stereocenters. The molecule has 0 amide bonds. The van der Waals surface area contributed by atoms with Gasteiger partial charge in [-0.2, -0.15) is 0 Å². The summed E-state index contributed by atoms with van der Waals surface area (Å²) in [6.45, 7) is 4.73. The average molecular weight is 1020 g/mol. The van der Waals surface area contributed by atoms with E-state index in [1.807, 2.05) is 54.7 Å². The molecule has 0 N–H and O–H groups in total. The first kappa shape index (κ1) is 42.3. The Labute approximate surface area is 396 Å². The van der Waals surface area contributed by atoms with Crippen LogP contribution in [0.2, 0.25) is 0 Å². The van der Waals surface area contributed by atoms with Gasteiger partial charge >= 0.3 is 0 Å². The smallest absolute Gasteiger partial charge is 0.0493 e. The van der Waals surface area contributed by atoms with E-state index in [0.29, 0.717) is 12.0 Å². The van der Waals surface area contributed by atoms with Crippen molar-refractivity contribution in [3.8, 4) is 44.8 Å². The molecule has 3 aromatic heterocycles. The molecule has 2 aliphatic carbocycles. The summed E-state index contributed by atoms with van der Waals surface area (Å²) in [6.07, 6.45) is 7.85. The molecule has 3 nitrogen and oxygen atoms in total. The van der Waals surface area contributed by atoms with Crippen LogP contribution in [0.4, 0.5) is 0 Å². The molecule has 4 heteroatoms. The quantitative estimate of drug-likeness (QED) is 0.142. The molecule has 0 aliphatic heterocycles. The van der Waals surface area contributed by atoms with Crippen LogP contribution in [0.5, 0.6) is 0 Å². The van der Waals surface area contributed by atoms with Gasteiger partial charge in [-0.1, -0.05) is 128 Å². The Balaban J connectivity index is 0.000000332. The minimum Gasteiger partial charge on any atom is -0.338 e. The zero-order chi connectivity index (χ0) is 43.0. The van der Waals surface area contributed by atoms with Crippen LogP contribution in [0.3, 0.4) is 0 Å². The van der Waals surface area contributed by atoms with Crippen LogP contribution in [0.15, 0.2) is 200 Å². The third-order valence-electron chi connectivity index (χ3n) is 13.9. The molecular weight excluding hydrogens is 967 g/mol. The van der Waals surface area contributed by atoms with Gasteiger partial charge in [0.1, 0.15) is 0 Å². The number of pyridine rings is 2. The van der Waals surface area contributed by atoms with Gasteiger partial charge in [-0.3, -0.25) is 0 Å². The topological polar surface area (TPSA) is 30.7 Å². The van der Waals surface area contributed by atoms with Crippen LogP contribution in [0, 0.1) is 12.1 Å². The van der Waals surface area contributed by atoms with Crippen LogP contribution in [0.1, 0.15) is 66.5 Å². The monoisotopic (exact) mass is 1020 g/mol. The number of benzene rings is 7. The van der Waals surface area contributed by atoms with E-state index in [-0.39, 0.29) is 25.5 Å². The van der Waals surface area contributed by atoms with Crippen molar-refractivity contribution >= 4 is 21.8 Å². The van der Waals surface area contributed by atoms with Gasteiger partial charge in [-0.15, -0.1) is 70.8 Å². The third kappa shape index (κ3) is 7.75. The normalized spacial score (nSPS) is 15.4. The number of fused-ring (bicyclic) bond motifs is 9. The molecule has 0 bridgehead atoms. The summed E-state index contributed by atoms with van der Waals surface area (Å²) in [5.74, 6) is 0.478. The molecule has 7 aromatic carbocycles. The number of rotatable bonds is 8. The van der Waals surface area contributed by atoms with E-state index in [2.05, 4.69) is 180 Å².